The topological polar surface area (TPSA) is 81.4 Å². The first-order chi connectivity index (χ1) is 8.52. The quantitative estimate of drug-likeness (QED) is 0.726. The highest BCUT2D eigenvalue weighted by Gasteiger charge is 2.12. The van der Waals surface area contributed by atoms with E-state index in [1.807, 2.05) is 0 Å². The molecule has 1 heterocycles. The first-order valence-corrected chi connectivity index (χ1v) is 7.01. The Kier molecular flexibility index (Phi) is 6.28. The van der Waals surface area contributed by atoms with Gasteiger partial charge in [0.2, 0.25) is 0 Å². The standard InChI is InChI=1S/C12H18N2.H3NO2S/c1-10-4-3-5-12(11(10)2)14-8-6-13-7-9-14;1-4(2)3/h3-5,13H,6-9H2,1-2H3;1H2,(H,2,3)/p-1. The van der Waals surface area contributed by atoms with Crippen molar-refractivity contribution in [2.24, 2.45) is 5.14 Å². The zero-order valence-electron chi connectivity index (χ0n) is 10.8. The van der Waals surface area contributed by atoms with Crippen LogP contribution in [0.3, 0.4) is 0 Å². The summed E-state index contributed by atoms with van der Waals surface area (Å²) in [5.74, 6) is 0. The Hall–Kier alpha value is -0.950. The van der Waals surface area contributed by atoms with Crippen molar-refractivity contribution < 1.29 is 8.76 Å². The first-order valence-electron chi connectivity index (χ1n) is 5.88. The van der Waals surface area contributed by atoms with Crippen molar-refractivity contribution in [3.05, 3.63) is 29.3 Å². The molecule has 5 nitrogen and oxygen atoms in total. The third kappa shape index (κ3) is 4.73. The van der Waals surface area contributed by atoms with Crippen molar-refractivity contribution in [1.29, 1.82) is 0 Å². The Bertz CT molecular complexity index is 402. The second-order valence-electron chi connectivity index (χ2n) is 4.22. The fraction of sp³-hybridized carbons (Fsp3) is 0.500. The van der Waals surface area contributed by atoms with Gasteiger partial charge in [-0.2, -0.15) is 0 Å². The number of piperazine rings is 1. The molecule has 0 aliphatic carbocycles. The summed E-state index contributed by atoms with van der Waals surface area (Å²) in [6, 6.07) is 6.56. The molecule has 18 heavy (non-hydrogen) atoms. The van der Waals surface area contributed by atoms with E-state index in [0.29, 0.717) is 0 Å². The Balaban J connectivity index is 0.000000357. The molecule has 0 saturated carbocycles. The van der Waals surface area contributed by atoms with E-state index in [4.69, 9.17) is 8.76 Å². The molecule has 6 heteroatoms. The van der Waals surface area contributed by atoms with E-state index < -0.39 is 11.3 Å². The van der Waals surface area contributed by atoms with Crippen LogP contribution in [-0.4, -0.2) is 34.9 Å². The third-order valence-corrected chi connectivity index (χ3v) is 3.03. The molecule has 3 N–H and O–H groups in total. The van der Waals surface area contributed by atoms with Crippen LogP contribution in [0.5, 0.6) is 0 Å². The Morgan fingerprint density at radius 3 is 2.44 bits per heavy atom. The predicted molar refractivity (Wildman–Crippen MR) is 74.1 cm³/mol. The number of nitrogens with two attached hydrogens (primary N) is 1. The average Bonchev–Trinajstić information content (AvgIpc) is 2.33. The fourth-order valence-electron chi connectivity index (χ4n) is 1.98. The van der Waals surface area contributed by atoms with Crippen LogP contribution in [0.4, 0.5) is 5.69 Å². The number of anilines is 1. The van der Waals surface area contributed by atoms with Crippen molar-refractivity contribution in [3.8, 4) is 0 Å². The lowest BCUT2D eigenvalue weighted by Gasteiger charge is -2.31. The molecule has 1 aromatic rings. The van der Waals surface area contributed by atoms with E-state index in [2.05, 4.69) is 47.4 Å². The maximum Gasteiger partial charge on any atom is 0.0399 e. The molecule has 0 aromatic heterocycles. The molecule has 0 radical (unpaired) electrons. The Labute approximate surface area is 111 Å². The molecule has 1 aliphatic heterocycles. The maximum absolute atomic E-state index is 8.78. The summed E-state index contributed by atoms with van der Waals surface area (Å²) in [5, 5.41) is 7.40. The molecular weight excluding hydrogens is 250 g/mol. The van der Waals surface area contributed by atoms with Crippen molar-refractivity contribution in [1.82, 2.24) is 5.32 Å². The monoisotopic (exact) mass is 270 g/mol. The Morgan fingerprint density at radius 1 is 1.33 bits per heavy atom. The van der Waals surface area contributed by atoms with E-state index in [1.165, 1.54) is 16.8 Å². The van der Waals surface area contributed by atoms with Gasteiger partial charge in [0.15, 0.2) is 0 Å². The molecular formula is C12H20N3O2S-. The van der Waals surface area contributed by atoms with Gasteiger partial charge in [0, 0.05) is 43.1 Å². The van der Waals surface area contributed by atoms with Crippen LogP contribution in [-0.2, 0) is 11.3 Å². The van der Waals surface area contributed by atoms with Gasteiger partial charge in [0.25, 0.3) is 0 Å². The first kappa shape index (κ1) is 15.1. The summed E-state index contributed by atoms with van der Waals surface area (Å²) >= 11 is -2.36. The molecule has 1 unspecified atom stereocenters. The van der Waals surface area contributed by atoms with Gasteiger partial charge >= 0.3 is 0 Å². The number of hydrogen-bond acceptors (Lipinski definition) is 4. The minimum atomic E-state index is -2.36. The van der Waals surface area contributed by atoms with Crippen molar-refractivity contribution in [2.75, 3.05) is 31.1 Å². The van der Waals surface area contributed by atoms with Crippen molar-refractivity contribution >= 4 is 17.0 Å². The van der Waals surface area contributed by atoms with Gasteiger partial charge in [-0.15, -0.1) is 0 Å². The van der Waals surface area contributed by atoms with Gasteiger partial charge in [0.1, 0.15) is 0 Å². The molecule has 0 spiro atoms. The molecule has 1 aromatic carbocycles. The number of aryl methyl sites for hydroxylation is 1. The van der Waals surface area contributed by atoms with Crippen LogP contribution in [0.2, 0.25) is 0 Å². The van der Waals surface area contributed by atoms with Crippen LogP contribution < -0.4 is 15.4 Å². The third-order valence-electron chi connectivity index (χ3n) is 3.03. The Morgan fingerprint density at radius 2 is 1.89 bits per heavy atom. The van der Waals surface area contributed by atoms with E-state index in [1.54, 1.807) is 0 Å². The largest absolute Gasteiger partial charge is 0.760 e. The predicted octanol–water partition coefficient (Wildman–Crippen LogP) is 0.452. The molecule has 1 fully saturated rings. The van der Waals surface area contributed by atoms with Crippen LogP contribution in [0.25, 0.3) is 0 Å². The number of nitrogens with one attached hydrogen (secondary N) is 1. The average molecular weight is 270 g/mol. The number of nitrogens with zero attached hydrogens (tertiary/aromatic N) is 1. The molecule has 1 saturated heterocycles. The molecule has 0 amide bonds. The summed E-state index contributed by atoms with van der Waals surface area (Å²) in [6.45, 7) is 8.86. The van der Waals surface area contributed by atoms with Crippen LogP contribution in [0, 0.1) is 13.8 Å². The smallest absolute Gasteiger partial charge is 0.0399 e. The highest BCUT2D eigenvalue weighted by atomic mass is 32.2. The van der Waals surface area contributed by atoms with Crippen LogP contribution in [0.15, 0.2) is 18.2 Å². The van der Waals surface area contributed by atoms with E-state index in [0.717, 1.165) is 26.2 Å². The second kappa shape index (κ2) is 7.48. The molecule has 102 valence electrons. The van der Waals surface area contributed by atoms with Crippen molar-refractivity contribution in [2.45, 2.75) is 13.8 Å². The minimum Gasteiger partial charge on any atom is -0.760 e. The minimum absolute atomic E-state index is 1.10. The normalized spacial score (nSPS) is 16.8. The summed E-state index contributed by atoms with van der Waals surface area (Å²) in [6.07, 6.45) is 0. The summed E-state index contributed by atoms with van der Waals surface area (Å²) in [5.41, 5.74) is 4.22. The van der Waals surface area contributed by atoms with Gasteiger partial charge in [-0.05, 0) is 31.0 Å². The van der Waals surface area contributed by atoms with Gasteiger partial charge in [0.05, 0.1) is 0 Å². The van der Waals surface area contributed by atoms with Crippen LogP contribution >= 0.6 is 0 Å². The fourth-order valence-corrected chi connectivity index (χ4v) is 1.98. The highest BCUT2D eigenvalue weighted by Crippen LogP contribution is 2.22. The number of rotatable bonds is 1. The van der Waals surface area contributed by atoms with Crippen LogP contribution in [0.1, 0.15) is 11.1 Å². The zero-order valence-corrected chi connectivity index (χ0v) is 11.6. The lowest BCUT2D eigenvalue weighted by atomic mass is 10.1. The lowest BCUT2D eigenvalue weighted by molar-refractivity contribution is 0.539. The molecule has 0 bridgehead atoms. The summed E-state index contributed by atoms with van der Waals surface area (Å²) in [7, 11) is 0. The van der Waals surface area contributed by atoms with E-state index >= 15 is 0 Å². The molecule has 1 aliphatic rings. The van der Waals surface area contributed by atoms with Gasteiger partial charge in [-0.1, -0.05) is 12.1 Å². The zero-order chi connectivity index (χ0) is 13.5. The summed E-state index contributed by atoms with van der Waals surface area (Å²) < 4.78 is 17.6. The van der Waals surface area contributed by atoms with Gasteiger partial charge in [-0.3, -0.25) is 9.35 Å². The molecule has 1 atom stereocenters. The highest BCUT2D eigenvalue weighted by molar-refractivity contribution is 7.76. The number of benzene rings is 1. The second-order valence-corrected chi connectivity index (χ2v) is 4.74. The van der Waals surface area contributed by atoms with E-state index in [9.17, 15) is 0 Å². The lowest BCUT2D eigenvalue weighted by Crippen LogP contribution is -2.43. The molecule has 2 rings (SSSR count). The van der Waals surface area contributed by atoms with Crippen molar-refractivity contribution in [3.63, 3.8) is 0 Å². The summed E-state index contributed by atoms with van der Waals surface area (Å²) in [4.78, 5) is 2.47. The van der Waals surface area contributed by atoms with Gasteiger partial charge in [-0.25, -0.2) is 0 Å². The SMILES string of the molecule is Cc1cccc(N2CCNCC2)c1C.NS(=O)[O-]. The van der Waals surface area contributed by atoms with Gasteiger partial charge < -0.3 is 14.8 Å². The number of hydrogen-bond donors (Lipinski definition) is 2. The van der Waals surface area contributed by atoms with E-state index in [-0.39, 0.29) is 0 Å². The maximum atomic E-state index is 8.78.